The highest BCUT2D eigenvalue weighted by molar-refractivity contribution is 7.90. The van der Waals surface area contributed by atoms with E-state index in [1.54, 1.807) is 27.8 Å². The van der Waals surface area contributed by atoms with Gasteiger partial charge in [-0.25, -0.2) is 8.42 Å². The van der Waals surface area contributed by atoms with E-state index in [-0.39, 0.29) is 0 Å². The average molecular weight is 236 g/mol. The molecule has 1 atom stereocenters. The van der Waals surface area contributed by atoms with Crippen LogP contribution in [0.25, 0.3) is 0 Å². The lowest BCUT2D eigenvalue weighted by molar-refractivity contribution is 0.235. The second-order valence-electron chi connectivity index (χ2n) is 5.14. The molecule has 0 aliphatic rings. The fraction of sp³-hybridized carbons (Fsp3) is 1.00. The van der Waals surface area contributed by atoms with Crippen LogP contribution < -0.4 is 5.73 Å². The van der Waals surface area contributed by atoms with Crippen molar-refractivity contribution in [3.8, 4) is 0 Å². The molecule has 0 aromatic heterocycles. The van der Waals surface area contributed by atoms with Crippen LogP contribution in [0.15, 0.2) is 0 Å². The lowest BCUT2D eigenvalue weighted by Crippen LogP contribution is -2.55. The maximum absolute atomic E-state index is 12.2. The Labute approximate surface area is 93.9 Å². The molecule has 4 nitrogen and oxygen atoms in total. The number of sulfonamides is 1. The average Bonchev–Trinajstić information content (AvgIpc) is 2.13. The second-order valence-corrected chi connectivity index (χ2v) is 7.86. The molecule has 0 saturated carbocycles. The Kier molecular flexibility index (Phi) is 4.35. The van der Waals surface area contributed by atoms with Gasteiger partial charge in [0.05, 0.1) is 4.75 Å². The summed E-state index contributed by atoms with van der Waals surface area (Å²) in [7, 11) is -1.70. The van der Waals surface area contributed by atoms with Crippen LogP contribution in [0.2, 0.25) is 0 Å². The number of hydrogen-bond acceptors (Lipinski definition) is 3. The quantitative estimate of drug-likeness (QED) is 0.797. The summed E-state index contributed by atoms with van der Waals surface area (Å²) in [5.41, 5.74) is 5.16. The van der Waals surface area contributed by atoms with Crippen LogP contribution in [0.4, 0.5) is 0 Å². The van der Waals surface area contributed by atoms with E-state index in [4.69, 9.17) is 5.73 Å². The van der Waals surface area contributed by atoms with E-state index in [0.29, 0.717) is 13.0 Å². The zero-order valence-electron chi connectivity index (χ0n) is 10.7. The third-order valence-corrected chi connectivity index (χ3v) is 5.81. The lowest BCUT2D eigenvalue weighted by Gasteiger charge is -2.39. The van der Waals surface area contributed by atoms with Crippen LogP contribution in [0.5, 0.6) is 0 Å². The van der Waals surface area contributed by atoms with E-state index >= 15 is 0 Å². The molecule has 5 heteroatoms. The van der Waals surface area contributed by atoms with Crippen molar-refractivity contribution in [1.29, 1.82) is 0 Å². The normalized spacial score (nSPS) is 17.9. The van der Waals surface area contributed by atoms with Crippen molar-refractivity contribution in [3.05, 3.63) is 0 Å². The zero-order valence-corrected chi connectivity index (χ0v) is 11.5. The van der Waals surface area contributed by atoms with Crippen molar-refractivity contribution in [2.75, 3.05) is 13.6 Å². The van der Waals surface area contributed by atoms with Gasteiger partial charge in [0, 0.05) is 19.1 Å². The van der Waals surface area contributed by atoms with Gasteiger partial charge in [-0.2, -0.15) is 4.31 Å². The topological polar surface area (TPSA) is 63.4 Å². The summed E-state index contributed by atoms with van der Waals surface area (Å²) in [5, 5.41) is 0. The van der Waals surface area contributed by atoms with Crippen LogP contribution in [0.1, 0.15) is 41.0 Å². The zero-order chi connectivity index (χ0) is 12.5. The smallest absolute Gasteiger partial charge is 0.219 e. The Morgan fingerprint density at radius 1 is 1.20 bits per heavy atom. The number of nitrogens with zero attached hydrogens (tertiary/aromatic N) is 1. The molecule has 0 spiro atoms. The van der Waals surface area contributed by atoms with Crippen molar-refractivity contribution in [2.24, 2.45) is 5.73 Å². The fourth-order valence-corrected chi connectivity index (χ4v) is 2.80. The van der Waals surface area contributed by atoms with Gasteiger partial charge >= 0.3 is 0 Å². The third-order valence-electron chi connectivity index (χ3n) is 3.10. The predicted octanol–water partition coefficient (Wildman–Crippen LogP) is 1.17. The minimum Gasteiger partial charge on any atom is -0.329 e. The summed E-state index contributed by atoms with van der Waals surface area (Å²) in [5.74, 6) is 0. The Morgan fingerprint density at radius 3 is 1.80 bits per heavy atom. The summed E-state index contributed by atoms with van der Waals surface area (Å²) in [6.45, 7) is 9.25. The SMILES string of the molecule is CCC(C)(CN)N(C)S(=O)(=O)C(C)(C)C. The summed E-state index contributed by atoms with van der Waals surface area (Å²) >= 11 is 0. The van der Waals surface area contributed by atoms with Crippen molar-refractivity contribution < 1.29 is 8.42 Å². The Balaban J connectivity index is 5.27. The molecule has 0 aromatic carbocycles. The molecule has 0 rings (SSSR count). The molecule has 2 N–H and O–H groups in total. The standard InChI is InChI=1S/C10H24N2O2S/c1-7-10(5,8-11)12(6)15(13,14)9(2,3)4/h7-8,11H2,1-6H3. The molecule has 92 valence electrons. The highest BCUT2D eigenvalue weighted by Gasteiger charge is 2.41. The van der Waals surface area contributed by atoms with E-state index in [0.717, 1.165) is 0 Å². The van der Waals surface area contributed by atoms with Gasteiger partial charge in [0.25, 0.3) is 0 Å². The molecule has 1 unspecified atom stereocenters. The molecular weight excluding hydrogens is 212 g/mol. The van der Waals surface area contributed by atoms with E-state index in [1.165, 1.54) is 4.31 Å². The Hall–Kier alpha value is -0.130. The molecule has 0 amide bonds. The lowest BCUT2D eigenvalue weighted by atomic mass is 10.00. The first-order valence-electron chi connectivity index (χ1n) is 5.21. The predicted molar refractivity (Wildman–Crippen MR) is 64.2 cm³/mol. The summed E-state index contributed by atoms with van der Waals surface area (Å²) in [6.07, 6.45) is 0.704. The van der Waals surface area contributed by atoms with Crippen LogP contribution in [0, 0.1) is 0 Å². The molecule has 0 bridgehead atoms. The summed E-state index contributed by atoms with van der Waals surface area (Å²) < 4.78 is 25.0. The highest BCUT2D eigenvalue weighted by atomic mass is 32.2. The van der Waals surface area contributed by atoms with Gasteiger partial charge in [-0.1, -0.05) is 6.92 Å². The van der Waals surface area contributed by atoms with Crippen LogP contribution in [0.3, 0.4) is 0 Å². The van der Waals surface area contributed by atoms with Gasteiger partial charge in [0.15, 0.2) is 0 Å². The van der Waals surface area contributed by atoms with Crippen LogP contribution >= 0.6 is 0 Å². The molecule has 15 heavy (non-hydrogen) atoms. The van der Waals surface area contributed by atoms with Crippen molar-refractivity contribution in [2.45, 2.75) is 51.3 Å². The fourth-order valence-electron chi connectivity index (χ4n) is 1.20. The number of nitrogens with two attached hydrogens (primary N) is 1. The van der Waals surface area contributed by atoms with Gasteiger partial charge in [0.1, 0.15) is 0 Å². The van der Waals surface area contributed by atoms with Crippen molar-refractivity contribution >= 4 is 10.0 Å². The van der Waals surface area contributed by atoms with Gasteiger partial charge in [-0.3, -0.25) is 0 Å². The monoisotopic (exact) mass is 236 g/mol. The third kappa shape index (κ3) is 2.71. The van der Waals surface area contributed by atoms with Crippen molar-refractivity contribution in [1.82, 2.24) is 4.31 Å². The number of likely N-dealkylation sites (N-methyl/N-ethyl adjacent to an activating group) is 1. The van der Waals surface area contributed by atoms with E-state index in [1.807, 2.05) is 13.8 Å². The minimum atomic E-state index is -3.30. The second kappa shape index (κ2) is 4.39. The maximum Gasteiger partial charge on any atom is 0.219 e. The number of rotatable bonds is 4. The first kappa shape index (κ1) is 14.9. The van der Waals surface area contributed by atoms with Crippen LogP contribution in [-0.2, 0) is 10.0 Å². The molecule has 0 aromatic rings. The molecule has 0 aliphatic heterocycles. The van der Waals surface area contributed by atoms with E-state index < -0.39 is 20.3 Å². The Morgan fingerprint density at radius 2 is 1.60 bits per heavy atom. The van der Waals surface area contributed by atoms with Crippen LogP contribution in [-0.4, -0.2) is 36.6 Å². The van der Waals surface area contributed by atoms with E-state index in [9.17, 15) is 8.42 Å². The number of hydrogen-bond donors (Lipinski definition) is 1. The minimum absolute atomic E-state index is 0.329. The largest absolute Gasteiger partial charge is 0.329 e. The molecule has 0 aliphatic carbocycles. The van der Waals surface area contributed by atoms with Gasteiger partial charge in [0.2, 0.25) is 10.0 Å². The summed E-state index contributed by atoms with van der Waals surface area (Å²) in [4.78, 5) is 0. The Bertz CT molecular complexity index is 300. The molecule has 0 heterocycles. The first-order valence-corrected chi connectivity index (χ1v) is 6.65. The maximum atomic E-state index is 12.2. The first-order chi connectivity index (χ1) is 6.53. The van der Waals surface area contributed by atoms with Gasteiger partial charge in [-0.05, 0) is 34.1 Å². The van der Waals surface area contributed by atoms with Gasteiger partial charge < -0.3 is 5.73 Å². The molecule has 0 saturated heterocycles. The highest BCUT2D eigenvalue weighted by Crippen LogP contribution is 2.27. The summed E-state index contributed by atoms with van der Waals surface area (Å²) in [6, 6.07) is 0. The molecule has 0 fully saturated rings. The van der Waals surface area contributed by atoms with Gasteiger partial charge in [-0.15, -0.1) is 0 Å². The van der Waals surface area contributed by atoms with E-state index in [2.05, 4.69) is 0 Å². The molecule has 0 radical (unpaired) electrons. The van der Waals surface area contributed by atoms with Crippen molar-refractivity contribution in [3.63, 3.8) is 0 Å². The molecular formula is C10H24N2O2S.